The van der Waals surface area contributed by atoms with E-state index in [0.717, 1.165) is 23.2 Å². The molecule has 2 heterocycles. The van der Waals surface area contributed by atoms with Crippen LogP contribution in [0.5, 0.6) is 0 Å². The normalized spacial score (nSPS) is 21.4. The summed E-state index contributed by atoms with van der Waals surface area (Å²) >= 11 is 3.35. The van der Waals surface area contributed by atoms with Crippen LogP contribution in [0.2, 0.25) is 0 Å². The number of urea groups is 1. The Bertz CT molecular complexity index is 548. The molecule has 1 atom stereocenters. The van der Waals surface area contributed by atoms with E-state index in [0.29, 0.717) is 13.1 Å². The average molecular weight is 353 g/mol. The van der Waals surface area contributed by atoms with Gasteiger partial charge in [0.05, 0.1) is 6.04 Å². The van der Waals surface area contributed by atoms with Crippen molar-refractivity contribution < 1.29 is 9.59 Å². The van der Waals surface area contributed by atoms with Crippen molar-refractivity contribution >= 4 is 33.6 Å². The van der Waals surface area contributed by atoms with Crippen LogP contribution in [-0.4, -0.2) is 60.5 Å². The number of carbonyl (C=O) groups is 2. The second-order valence-electron chi connectivity index (χ2n) is 5.27. The minimum absolute atomic E-state index is 0.0348. The zero-order chi connectivity index (χ0) is 14.8. The summed E-state index contributed by atoms with van der Waals surface area (Å²) in [6, 6.07) is 7.52. The fourth-order valence-electron chi connectivity index (χ4n) is 2.73. The third-order valence-corrected chi connectivity index (χ3v) is 4.29. The zero-order valence-corrected chi connectivity index (χ0v) is 13.1. The Hall–Kier alpha value is -1.60. The molecule has 1 aromatic rings. The van der Waals surface area contributed by atoms with Crippen molar-refractivity contribution in [3.05, 3.63) is 28.7 Å². The highest BCUT2D eigenvalue weighted by molar-refractivity contribution is 9.10. The van der Waals surface area contributed by atoms with Crippen molar-refractivity contribution in [3.63, 3.8) is 0 Å². The van der Waals surface area contributed by atoms with Gasteiger partial charge in [-0.1, -0.05) is 15.9 Å². The number of piperazine rings is 1. The van der Waals surface area contributed by atoms with Crippen molar-refractivity contribution in [1.29, 1.82) is 0 Å². The topological polar surface area (TPSA) is 64.7 Å². The lowest BCUT2D eigenvalue weighted by atomic mass is 10.2. The van der Waals surface area contributed by atoms with Gasteiger partial charge in [-0.3, -0.25) is 4.79 Å². The maximum Gasteiger partial charge on any atom is 0.320 e. The standard InChI is InChI=1S/C14H17BrN4O2/c15-10-1-3-11(4-2-10)17-13(20)9-18-8-12-7-16-5-6-19(12)14(18)21/h1-4,12,16H,5-9H2,(H,17,20). The van der Waals surface area contributed by atoms with Crippen LogP contribution in [0.25, 0.3) is 0 Å². The van der Waals surface area contributed by atoms with Crippen molar-refractivity contribution in [1.82, 2.24) is 15.1 Å². The first-order valence-corrected chi connectivity index (χ1v) is 7.74. The van der Waals surface area contributed by atoms with Crippen LogP contribution < -0.4 is 10.6 Å². The Labute approximate surface area is 131 Å². The summed E-state index contributed by atoms with van der Waals surface area (Å²) in [5.74, 6) is -0.168. The van der Waals surface area contributed by atoms with Gasteiger partial charge < -0.3 is 20.4 Å². The molecule has 0 spiro atoms. The van der Waals surface area contributed by atoms with Crippen molar-refractivity contribution in [3.8, 4) is 0 Å². The predicted molar refractivity (Wildman–Crippen MR) is 83.1 cm³/mol. The van der Waals surface area contributed by atoms with E-state index in [1.807, 2.05) is 29.2 Å². The van der Waals surface area contributed by atoms with Gasteiger partial charge in [0.2, 0.25) is 5.91 Å². The molecule has 2 N–H and O–H groups in total. The Morgan fingerprint density at radius 1 is 1.38 bits per heavy atom. The van der Waals surface area contributed by atoms with Gasteiger partial charge in [-0.15, -0.1) is 0 Å². The van der Waals surface area contributed by atoms with Crippen molar-refractivity contribution in [2.75, 3.05) is 38.0 Å². The molecule has 0 bridgehead atoms. The maximum atomic E-state index is 12.2. The van der Waals surface area contributed by atoms with Gasteiger partial charge in [0.1, 0.15) is 6.54 Å². The summed E-state index contributed by atoms with van der Waals surface area (Å²) < 4.78 is 0.958. The number of nitrogens with one attached hydrogen (secondary N) is 2. The molecule has 7 heteroatoms. The monoisotopic (exact) mass is 352 g/mol. The summed E-state index contributed by atoms with van der Waals surface area (Å²) in [4.78, 5) is 27.7. The number of rotatable bonds is 3. The Balaban J connectivity index is 1.57. The summed E-state index contributed by atoms with van der Waals surface area (Å²) in [6.45, 7) is 3.05. The third-order valence-electron chi connectivity index (χ3n) is 3.76. The van der Waals surface area contributed by atoms with Crippen LogP contribution in [0.15, 0.2) is 28.7 Å². The quantitative estimate of drug-likeness (QED) is 0.855. The van der Waals surface area contributed by atoms with Gasteiger partial charge in [0.15, 0.2) is 0 Å². The van der Waals surface area contributed by atoms with Gasteiger partial charge >= 0.3 is 6.03 Å². The van der Waals surface area contributed by atoms with E-state index in [2.05, 4.69) is 26.6 Å². The molecule has 3 amide bonds. The molecule has 2 aliphatic heterocycles. The first kappa shape index (κ1) is 14.3. The van der Waals surface area contributed by atoms with Crippen molar-refractivity contribution in [2.24, 2.45) is 0 Å². The molecule has 0 aliphatic carbocycles. The number of hydrogen-bond donors (Lipinski definition) is 2. The highest BCUT2D eigenvalue weighted by Crippen LogP contribution is 2.18. The smallest absolute Gasteiger partial charge is 0.320 e. The van der Waals surface area contributed by atoms with E-state index < -0.39 is 0 Å². The number of nitrogens with zero attached hydrogens (tertiary/aromatic N) is 2. The van der Waals surface area contributed by atoms with E-state index in [-0.39, 0.29) is 24.5 Å². The molecule has 0 saturated carbocycles. The number of anilines is 1. The van der Waals surface area contributed by atoms with Crippen LogP contribution in [0, 0.1) is 0 Å². The highest BCUT2D eigenvalue weighted by atomic mass is 79.9. The van der Waals surface area contributed by atoms with Gasteiger partial charge in [0.25, 0.3) is 0 Å². The molecular formula is C14H17BrN4O2. The van der Waals surface area contributed by atoms with Crippen molar-refractivity contribution in [2.45, 2.75) is 6.04 Å². The van der Waals surface area contributed by atoms with Gasteiger partial charge in [-0.05, 0) is 24.3 Å². The largest absolute Gasteiger partial charge is 0.325 e. The molecule has 21 heavy (non-hydrogen) atoms. The van der Waals surface area contributed by atoms with E-state index in [4.69, 9.17) is 0 Å². The van der Waals surface area contributed by atoms with Gasteiger partial charge in [-0.25, -0.2) is 4.79 Å². The van der Waals surface area contributed by atoms with Crippen LogP contribution in [0.4, 0.5) is 10.5 Å². The fraction of sp³-hybridized carbons (Fsp3) is 0.429. The minimum atomic E-state index is -0.168. The average Bonchev–Trinajstić information content (AvgIpc) is 2.78. The van der Waals surface area contributed by atoms with Crippen LogP contribution in [0.3, 0.4) is 0 Å². The summed E-state index contributed by atoms with van der Waals surface area (Å²) in [7, 11) is 0. The molecule has 1 aromatic carbocycles. The summed E-state index contributed by atoms with van der Waals surface area (Å²) in [6.07, 6.45) is 0. The van der Waals surface area contributed by atoms with Gasteiger partial charge in [-0.2, -0.15) is 0 Å². The Morgan fingerprint density at radius 2 is 2.14 bits per heavy atom. The molecule has 0 radical (unpaired) electrons. The Morgan fingerprint density at radius 3 is 2.86 bits per heavy atom. The molecular weight excluding hydrogens is 336 g/mol. The first-order chi connectivity index (χ1) is 10.1. The Kier molecular flexibility index (Phi) is 4.12. The highest BCUT2D eigenvalue weighted by Gasteiger charge is 2.38. The molecule has 3 rings (SSSR count). The molecule has 112 valence electrons. The fourth-order valence-corrected chi connectivity index (χ4v) is 2.99. The van der Waals surface area contributed by atoms with E-state index in [9.17, 15) is 9.59 Å². The first-order valence-electron chi connectivity index (χ1n) is 6.95. The predicted octanol–water partition coefficient (Wildman–Crippen LogP) is 1.10. The lowest BCUT2D eigenvalue weighted by Gasteiger charge is -2.28. The molecule has 2 saturated heterocycles. The molecule has 6 nitrogen and oxygen atoms in total. The number of halogens is 1. The summed E-state index contributed by atoms with van der Waals surface area (Å²) in [5.41, 5.74) is 0.731. The van der Waals surface area contributed by atoms with Crippen LogP contribution >= 0.6 is 15.9 Å². The number of amides is 3. The maximum absolute atomic E-state index is 12.2. The molecule has 2 aliphatic rings. The van der Waals surface area contributed by atoms with E-state index >= 15 is 0 Å². The third kappa shape index (κ3) is 3.19. The zero-order valence-electron chi connectivity index (χ0n) is 11.5. The summed E-state index contributed by atoms with van der Waals surface area (Å²) in [5, 5.41) is 6.08. The molecule has 2 fully saturated rings. The van der Waals surface area contributed by atoms with E-state index in [1.165, 1.54) is 0 Å². The number of carbonyl (C=O) groups excluding carboxylic acids is 2. The van der Waals surface area contributed by atoms with Crippen LogP contribution in [-0.2, 0) is 4.79 Å². The second kappa shape index (κ2) is 6.03. The number of hydrogen-bond acceptors (Lipinski definition) is 3. The molecule has 0 aromatic heterocycles. The number of fused-ring (bicyclic) bond motifs is 1. The second-order valence-corrected chi connectivity index (χ2v) is 6.19. The minimum Gasteiger partial charge on any atom is -0.325 e. The van der Waals surface area contributed by atoms with Gasteiger partial charge in [0, 0.05) is 36.3 Å². The number of benzene rings is 1. The van der Waals surface area contributed by atoms with E-state index in [1.54, 1.807) is 4.90 Å². The lowest BCUT2D eigenvalue weighted by molar-refractivity contribution is -0.116. The van der Waals surface area contributed by atoms with Crippen LogP contribution in [0.1, 0.15) is 0 Å². The SMILES string of the molecule is O=C(CN1CC2CNCCN2C1=O)Nc1ccc(Br)cc1. The lowest BCUT2D eigenvalue weighted by Crippen LogP contribution is -2.49. The molecule has 1 unspecified atom stereocenters.